The topological polar surface area (TPSA) is 91.1 Å². The van der Waals surface area contributed by atoms with Crippen LogP contribution in [0.15, 0.2) is 35.0 Å². The highest BCUT2D eigenvalue weighted by Crippen LogP contribution is 2.30. The first kappa shape index (κ1) is 17.3. The average molecular weight is 356 g/mol. The molecular formula is C16H17BN4O3S. The van der Waals surface area contributed by atoms with Gasteiger partial charge in [-0.2, -0.15) is 5.10 Å². The predicted octanol–water partition coefficient (Wildman–Crippen LogP) is 1.16. The summed E-state index contributed by atoms with van der Waals surface area (Å²) in [5, 5.41) is 26.8. The van der Waals surface area contributed by atoms with E-state index in [0.29, 0.717) is 11.2 Å². The molecule has 0 atom stereocenters. The normalized spacial score (nSPS) is 11.2. The Hall–Kier alpha value is -2.49. The summed E-state index contributed by atoms with van der Waals surface area (Å²) < 4.78 is 6.17. The number of benzene rings is 1. The fraction of sp³-hybridized carbons (Fsp3) is 0.188. The number of methoxy groups -OCH3 is 1. The van der Waals surface area contributed by atoms with E-state index in [1.54, 1.807) is 40.8 Å². The van der Waals surface area contributed by atoms with Gasteiger partial charge in [0.2, 0.25) is 0 Å². The number of hydrazone groups is 1. The molecule has 7 nitrogen and oxygen atoms in total. The van der Waals surface area contributed by atoms with Crippen LogP contribution >= 0.6 is 11.3 Å². The number of aryl methyl sites for hydroxylation is 1. The monoisotopic (exact) mass is 356 g/mol. The standard InChI is InChI=1S/C16H17BN4O3S/c1-10-8-25-15-14(10)18-9-19-16(15)21(2)20-7-11-4-5-12(17(22)23)13(6-11)24-3/h4-9,22-23H,1-3H3/b20-7+. The third-order valence-electron chi connectivity index (χ3n) is 3.73. The second-order valence-corrected chi connectivity index (χ2v) is 6.32. The highest BCUT2D eigenvalue weighted by molar-refractivity contribution is 7.18. The quantitative estimate of drug-likeness (QED) is 0.405. The van der Waals surface area contributed by atoms with Crippen LogP contribution in [0.5, 0.6) is 5.75 Å². The molecule has 0 aliphatic carbocycles. The van der Waals surface area contributed by atoms with Crippen LogP contribution in [0, 0.1) is 6.92 Å². The van der Waals surface area contributed by atoms with Crippen molar-refractivity contribution in [1.29, 1.82) is 0 Å². The fourth-order valence-corrected chi connectivity index (χ4v) is 3.44. The molecule has 0 bridgehead atoms. The number of hydrogen-bond acceptors (Lipinski definition) is 8. The highest BCUT2D eigenvalue weighted by Gasteiger charge is 2.17. The molecule has 2 aromatic heterocycles. The van der Waals surface area contributed by atoms with E-state index in [1.165, 1.54) is 13.4 Å². The van der Waals surface area contributed by atoms with E-state index in [0.717, 1.165) is 27.2 Å². The van der Waals surface area contributed by atoms with Gasteiger partial charge in [0, 0.05) is 12.5 Å². The second kappa shape index (κ2) is 7.18. The lowest BCUT2D eigenvalue weighted by molar-refractivity contribution is 0.403. The van der Waals surface area contributed by atoms with Crippen molar-refractivity contribution in [3.63, 3.8) is 0 Å². The van der Waals surface area contributed by atoms with Gasteiger partial charge in [-0.05, 0) is 29.5 Å². The number of anilines is 1. The van der Waals surface area contributed by atoms with E-state index in [2.05, 4.69) is 15.1 Å². The van der Waals surface area contributed by atoms with Crippen LogP contribution in [-0.2, 0) is 0 Å². The third kappa shape index (κ3) is 3.48. The molecule has 128 valence electrons. The lowest BCUT2D eigenvalue weighted by Gasteiger charge is -2.12. The van der Waals surface area contributed by atoms with Gasteiger partial charge < -0.3 is 14.8 Å². The Labute approximate surface area is 149 Å². The van der Waals surface area contributed by atoms with Crippen molar-refractivity contribution in [3.05, 3.63) is 41.0 Å². The van der Waals surface area contributed by atoms with Crippen LogP contribution in [0.2, 0.25) is 0 Å². The maximum atomic E-state index is 9.32. The number of thiophene rings is 1. The molecule has 0 aliphatic heterocycles. The Morgan fingerprint density at radius 1 is 1.32 bits per heavy atom. The largest absolute Gasteiger partial charge is 0.497 e. The van der Waals surface area contributed by atoms with Gasteiger partial charge in [-0.1, -0.05) is 12.1 Å². The molecule has 2 heterocycles. The second-order valence-electron chi connectivity index (χ2n) is 5.44. The SMILES string of the molecule is COc1cc(/C=N/N(C)c2ncnc3c(C)csc23)ccc1B(O)O. The van der Waals surface area contributed by atoms with Gasteiger partial charge in [0.1, 0.15) is 12.1 Å². The summed E-state index contributed by atoms with van der Waals surface area (Å²) >= 11 is 1.59. The number of nitrogens with zero attached hydrogens (tertiary/aromatic N) is 4. The molecule has 1 aromatic carbocycles. The van der Waals surface area contributed by atoms with Gasteiger partial charge in [0.25, 0.3) is 0 Å². The van der Waals surface area contributed by atoms with Crippen molar-refractivity contribution in [1.82, 2.24) is 9.97 Å². The molecule has 25 heavy (non-hydrogen) atoms. The molecule has 0 aliphatic rings. The Bertz CT molecular complexity index is 929. The van der Waals surface area contributed by atoms with E-state index in [9.17, 15) is 10.0 Å². The Balaban J connectivity index is 1.88. The minimum absolute atomic E-state index is 0.305. The Morgan fingerprint density at radius 2 is 2.12 bits per heavy atom. The maximum absolute atomic E-state index is 9.32. The van der Waals surface area contributed by atoms with Crippen molar-refractivity contribution < 1.29 is 14.8 Å². The zero-order chi connectivity index (χ0) is 18.0. The molecule has 0 radical (unpaired) electrons. The van der Waals surface area contributed by atoms with E-state index >= 15 is 0 Å². The van der Waals surface area contributed by atoms with Crippen molar-refractivity contribution in [3.8, 4) is 5.75 Å². The average Bonchev–Trinajstić information content (AvgIpc) is 3.00. The van der Waals surface area contributed by atoms with Crippen molar-refractivity contribution in [2.24, 2.45) is 5.10 Å². The van der Waals surface area contributed by atoms with E-state index in [4.69, 9.17) is 4.74 Å². The fourth-order valence-electron chi connectivity index (χ4n) is 2.42. The van der Waals surface area contributed by atoms with Crippen molar-refractivity contribution in [2.45, 2.75) is 6.92 Å². The zero-order valence-corrected chi connectivity index (χ0v) is 14.9. The summed E-state index contributed by atoms with van der Waals surface area (Å²) in [7, 11) is 1.71. The zero-order valence-electron chi connectivity index (χ0n) is 14.0. The lowest BCUT2D eigenvalue weighted by atomic mass is 9.79. The number of hydrogen-bond donors (Lipinski definition) is 2. The van der Waals surface area contributed by atoms with E-state index in [1.807, 2.05) is 19.4 Å². The van der Waals surface area contributed by atoms with Crippen LogP contribution in [0.3, 0.4) is 0 Å². The molecule has 0 saturated carbocycles. The van der Waals surface area contributed by atoms with E-state index < -0.39 is 7.12 Å². The molecule has 0 spiro atoms. The maximum Gasteiger partial charge on any atom is 0.492 e. The lowest BCUT2D eigenvalue weighted by Crippen LogP contribution is -2.31. The van der Waals surface area contributed by atoms with Gasteiger partial charge in [0.05, 0.1) is 23.5 Å². The highest BCUT2D eigenvalue weighted by atomic mass is 32.1. The molecular weight excluding hydrogens is 339 g/mol. The number of fused-ring (bicyclic) bond motifs is 1. The first-order chi connectivity index (χ1) is 12.0. The van der Waals surface area contributed by atoms with Gasteiger partial charge in [-0.15, -0.1) is 11.3 Å². The molecule has 9 heteroatoms. The molecule has 3 rings (SSSR count). The van der Waals surface area contributed by atoms with Crippen molar-refractivity contribution >= 4 is 46.2 Å². The van der Waals surface area contributed by atoms with Crippen LogP contribution < -0.4 is 15.2 Å². The van der Waals surface area contributed by atoms with Crippen LogP contribution in [0.4, 0.5) is 5.82 Å². The predicted molar refractivity (Wildman–Crippen MR) is 101 cm³/mol. The summed E-state index contributed by atoms with van der Waals surface area (Å²) in [4.78, 5) is 8.63. The molecule has 0 fully saturated rings. The molecule has 0 unspecified atom stereocenters. The molecule has 0 amide bonds. The van der Waals surface area contributed by atoms with Gasteiger partial charge >= 0.3 is 7.12 Å². The van der Waals surface area contributed by atoms with Gasteiger partial charge in [0.15, 0.2) is 5.82 Å². The number of aromatic nitrogens is 2. The summed E-state index contributed by atoms with van der Waals surface area (Å²) in [6.45, 7) is 2.02. The number of rotatable bonds is 5. The minimum atomic E-state index is -1.58. The minimum Gasteiger partial charge on any atom is -0.497 e. The molecule has 3 aromatic rings. The number of ether oxygens (including phenoxy) is 1. The molecule has 2 N–H and O–H groups in total. The third-order valence-corrected chi connectivity index (χ3v) is 4.82. The summed E-state index contributed by atoms with van der Waals surface area (Å²) in [5.74, 6) is 1.12. The van der Waals surface area contributed by atoms with Crippen LogP contribution in [0.25, 0.3) is 10.2 Å². The first-order valence-corrected chi connectivity index (χ1v) is 8.39. The van der Waals surface area contributed by atoms with Crippen LogP contribution in [0.1, 0.15) is 11.1 Å². The summed E-state index contributed by atoms with van der Waals surface area (Å²) in [6.07, 6.45) is 3.19. The first-order valence-electron chi connectivity index (χ1n) is 7.52. The Morgan fingerprint density at radius 3 is 2.84 bits per heavy atom. The van der Waals surface area contributed by atoms with Crippen molar-refractivity contribution in [2.75, 3.05) is 19.2 Å². The van der Waals surface area contributed by atoms with Gasteiger partial charge in [-0.25, -0.2) is 15.0 Å². The smallest absolute Gasteiger partial charge is 0.492 e. The van der Waals surface area contributed by atoms with Crippen LogP contribution in [-0.4, -0.2) is 47.5 Å². The van der Waals surface area contributed by atoms with E-state index in [-0.39, 0.29) is 0 Å². The Kier molecular flexibility index (Phi) is 4.98. The summed E-state index contributed by atoms with van der Waals surface area (Å²) in [6, 6.07) is 5.02. The van der Waals surface area contributed by atoms with Gasteiger partial charge in [-0.3, -0.25) is 0 Å². The summed E-state index contributed by atoms with van der Waals surface area (Å²) in [5.41, 5.74) is 3.12. The molecule has 0 saturated heterocycles.